The van der Waals surface area contributed by atoms with Gasteiger partial charge in [-0.05, 0) is 0 Å². The summed E-state index contributed by atoms with van der Waals surface area (Å²) in [6, 6.07) is 0. The average molecular weight is 461 g/mol. The van der Waals surface area contributed by atoms with E-state index < -0.39 is 23.2 Å². The Labute approximate surface area is 171 Å². The van der Waals surface area contributed by atoms with Crippen LogP contribution in [-0.4, -0.2) is 5.92 Å². The normalized spacial score (nSPS) is 27.5. The summed E-state index contributed by atoms with van der Waals surface area (Å²) in [6.45, 7) is 9.02. The van der Waals surface area contributed by atoms with Crippen molar-refractivity contribution < 1.29 is 48.0 Å². The zero-order valence-electron chi connectivity index (χ0n) is 13.5. The molecule has 0 aromatic heterocycles. The molecule has 0 spiro atoms. The summed E-state index contributed by atoms with van der Waals surface area (Å²) in [4.78, 5) is 3.08. The van der Waals surface area contributed by atoms with Crippen LogP contribution in [0, 0.1) is 0 Å². The molecule has 2 atom stereocenters. The Kier molecular flexibility index (Phi) is 6.46. The minimum Gasteiger partial charge on any atom is -1.00 e. The van der Waals surface area contributed by atoms with Crippen molar-refractivity contribution in [1.82, 2.24) is 0 Å². The van der Waals surface area contributed by atoms with Gasteiger partial charge in [0.2, 0.25) is 0 Å². The smallest absolute Gasteiger partial charge is 1.00 e. The first-order valence-electron chi connectivity index (χ1n) is 7.36. The minimum atomic E-state index is -0.459. The topological polar surface area (TPSA) is 0 Å². The van der Waals surface area contributed by atoms with E-state index in [0.29, 0.717) is 0 Å². The van der Waals surface area contributed by atoms with Crippen LogP contribution in [0.5, 0.6) is 0 Å². The fourth-order valence-electron chi connectivity index (χ4n) is 3.14. The van der Waals surface area contributed by atoms with Crippen molar-refractivity contribution in [2.45, 2.75) is 33.6 Å². The molecule has 0 aromatic rings. The number of fused-ring (bicyclic) bond motifs is 2. The van der Waals surface area contributed by atoms with E-state index in [1.165, 1.54) is 32.1 Å². The van der Waals surface area contributed by atoms with Gasteiger partial charge in [0.05, 0.1) is 0 Å². The SMILES string of the molecule is CC1=C(C)C2=C[CH]([Zr+2][CH]3C=C4C(=CC(C)=C4C)S3)SC2=C1.[Cl-].[Cl-]. The fraction of sp³-hybridized carbons (Fsp3) is 0.333. The van der Waals surface area contributed by atoms with E-state index in [9.17, 15) is 0 Å². The van der Waals surface area contributed by atoms with Gasteiger partial charge >= 0.3 is 148 Å². The van der Waals surface area contributed by atoms with Crippen molar-refractivity contribution in [2.24, 2.45) is 0 Å². The van der Waals surface area contributed by atoms with Gasteiger partial charge in [0.15, 0.2) is 0 Å². The standard InChI is InChI=1S/2C9H9S.2ClH.Zr/c2*1-6-5-9-8(7(6)2)3-4-10-9;;;/h2*3-5H,1-2H3;2*1H;/q;;;;+2/p-2. The first-order valence-corrected chi connectivity index (χ1v) is 12.0. The van der Waals surface area contributed by atoms with Crippen LogP contribution in [-0.2, 0) is 23.2 Å². The van der Waals surface area contributed by atoms with E-state index in [0.717, 1.165) is 5.92 Å². The van der Waals surface area contributed by atoms with Crippen molar-refractivity contribution >= 4 is 23.5 Å². The Hall–Kier alpha value is 0.603. The van der Waals surface area contributed by atoms with Gasteiger partial charge in [-0.25, -0.2) is 0 Å². The summed E-state index contributed by atoms with van der Waals surface area (Å²) in [5.74, 6) is 0. The third-order valence-electron chi connectivity index (χ3n) is 4.69. The molecule has 0 nitrogen and oxygen atoms in total. The maximum absolute atomic E-state index is 2.57. The summed E-state index contributed by atoms with van der Waals surface area (Å²) in [5.41, 5.74) is 9.02. The van der Waals surface area contributed by atoms with E-state index in [4.69, 9.17) is 0 Å². The van der Waals surface area contributed by atoms with Crippen LogP contribution in [0.4, 0.5) is 0 Å². The molecule has 2 aliphatic heterocycles. The maximum Gasteiger partial charge on any atom is -1.00 e. The second kappa shape index (κ2) is 7.46. The predicted octanol–water partition coefficient (Wildman–Crippen LogP) is -0.457. The molecule has 120 valence electrons. The molecule has 0 N–H and O–H groups in total. The van der Waals surface area contributed by atoms with E-state index in [1.807, 2.05) is 0 Å². The summed E-state index contributed by atoms with van der Waals surface area (Å²) < 4.78 is 1.63. The number of thioether (sulfide) groups is 2. The first-order chi connectivity index (χ1) is 10.0. The van der Waals surface area contributed by atoms with Crippen molar-refractivity contribution in [2.75, 3.05) is 0 Å². The van der Waals surface area contributed by atoms with Crippen molar-refractivity contribution in [3.8, 4) is 0 Å². The summed E-state index contributed by atoms with van der Waals surface area (Å²) in [7, 11) is 0. The van der Waals surface area contributed by atoms with Crippen LogP contribution in [0.15, 0.2) is 67.6 Å². The van der Waals surface area contributed by atoms with Gasteiger partial charge in [-0.15, -0.1) is 0 Å². The zero-order valence-corrected chi connectivity index (χ0v) is 19.1. The van der Waals surface area contributed by atoms with Crippen molar-refractivity contribution in [3.05, 3.63) is 67.6 Å². The number of rotatable bonds is 2. The van der Waals surface area contributed by atoms with Crippen LogP contribution in [0.25, 0.3) is 0 Å². The number of allylic oxidation sites excluding steroid dienone is 8. The average Bonchev–Trinajstić information content (AvgIpc) is 3.12. The molecule has 0 saturated heterocycles. The quantitative estimate of drug-likeness (QED) is 0.547. The Morgan fingerprint density at radius 1 is 0.739 bits per heavy atom. The van der Waals surface area contributed by atoms with Crippen LogP contribution < -0.4 is 24.8 Å². The molecular formula is C18H18Cl2S2Zr. The van der Waals surface area contributed by atoms with Gasteiger partial charge in [0.1, 0.15) is 0 Å². The van der Waals surface area contributed by atoms with E-state index >= 15 is 0 Å². The monoisotopic (exact) mass is 458 g/mol. The van der Waals surface area contributed by atoms with Gasteiger partial charge in [-0.1, -0.05) is 0 Å². The number of halogens is 2. The fourth-order valence-corrected chi connectivity index (χ4v) is 12.6. The molecular weight excluding hydrogens is 442 g/mol. The van der Waals surface area contributed by atoms with E-state index in [1.54, 1.807) is 11.1 Å². The Morgan fingerprint density at radius 2 is 1.13 bits per heavy atom. The van der Waals surface area contributed by atoms with Crippen LogP contribution in [0.3, 0.4) is 0 Å². The molecule has 0 saturated carbocycles. The number of hydrogen-bond donors (Lipinski definition) is 0. The third-order valence-corrected chi connectivity index (χ3v) is 12.4. The van der Waals surface area contributed by atoms with Crippen LogP contribution in [0.2, 0.25) is 0 Å². The summed E-state index contributed by atoms with van der Waals surface area (Å²) in [6.07, 6.45) is 9.92. The Balaban J connectivity index is 0.000000960. The largest absolute Gasteiger partial charge is 1.00 e. The van der Waals surface area contributed by atoms with Gasteiger partial charge in [-0.3, -0.25) is 0 Å². The van der Waals surface area contributed by atoms with Gasteiger partial charge in [0.25, 0.3) is 0 Å². The molecule has 23 heavy (non-hydrogen) atoms. The molecule has 4 rings (SSSR count). The molecule has 2 unspecified atom stereocenters. The summed E-state index contributed by atoms with van der Waals surface area (Å²) >= 11 is 3.81. The number of hydrogen-bond acceptors (Lipinski definition) is 2. The molecule has 0 amide bonds. The molecule has 0 fully saturated rings. The Morgan fingerprint density at radius 3 is 1.48 bits per heavy atom. The summed E-state index contributed by atoms with van der Waals surface area (Å²) in [5, 5.41) is 0. The molecule has 0 aromatic carbocycles. The van der Waals surface area contributed by atoms with Crippen molar-refractivity contribution in [1.29, 1.82) is 0 Å². The van der Waals surface area contributed by atoms with Crippen LogP contribution >= 0.6 is 23.5 Å². The van der Waals surface area contributed by atoms with Crippen molar-refractivity contribution in [3.63, 3.8) is 0 Å². The molecule has 5 heteroatoms. The Bertz CT molecular complexity index is 676. The maximum atomic E-state index is 2.57. The zero-order chi connectivity index (χ0) is 14.7. The second-order valence-corrected chi connectivity index (χ2v) is 14.3. The molecule has 2 aliphatic carbocycles. The first kappa shape index (κ1) is 19.9. The predicted molar refractivity (Wildman–Crippen MR) is 91.8 cm³/mol. The third kappa shape index (κ3) is 3.47. The van der Waals surface area contributed by atoms with Crippen LogP contribution in [0.1, 0.15) is 27.7 Å². The van der Waals surface area contributed by atoms with Gasteiger partial charge in [-0.2, -0.15) is 0 Å². The molecule has 4 aliphatic rings. The van der Waals surface area contributed by atoms with Gasteiger partial charge in [0, 0.05) is 0 Å². The molecule has 0 bridgehead atoms. The molecule has 0 radical (unpaired) electrons. The molecule has 2 heterocycles. The van der Waals surface area contributed by atoms with E-state index in [2.05, 4.69) is 75.5 Å². The van der Waals surface area contributed by atoms with E-state index in [-0.39, 0.29) is 24.8 Å². The minimum absolute atomic E-state index is 0. The van der Waals surface area contributed by atoms with Gasteiger partial charge < -0.3 is 24.8 Å². The second-order valence-electron chi connectivity index (χ2n) is 6.04.